The van der Waals surface area contributed by atoms with Gasteiger partial charge in [0.2, 0.25) is 0 Å². The van der Waals surface area contributed by atoms with Crippen molar-refractivity contribution in [1.29, 1.82) is 0 Å². The zero-order chi connectivity index (χ0) is 29.8. The maximum absolute atomic E-state index is 11.7. The van der Waals surface area contributed by atoms with Gasteiger partial charge >= 0.3 is 5.97 Å². The molecule has 2 aliphatic carbocycles. The molecule has 0 bridgehead atoms. The minimum absolute atomic E-state index is 0.0000874. The van der Waals surface area contributed by atoms with Gasteiger partial charge in [0.25, 0.3) is 0 Å². The average molecular weight is 594 g/mol. The lowest BCUT2D eigenvalue weighted by Crippen LogP contribution is -2.47. The number of aromatic nitrogens is 2. The highest BCUT2D eigenvalue weighted by atomic mass is 16.5. The second-order valence-corrected chi connectivity index (χ2v) is 13.5. The van der Waals surface area contributed by atoms with Crippen LogP contribution in [-0.4, -0.2) is 53.6 Å². The lowest BCUT2D eigenvalue weighted by Gasteiger charge is -2.53. The number of piperidine rings is 1. The molecular formula is C36H39N3O5. The molecular weight excluding hydrogens is 554 g/mol. The molecule has 1 unspecified atom stereocenters. The number of hydrogen-bond donors (Lipinski definition) is 1. The van der Waals surface area contributed by atoms with E-state index < -0.39 is 5.97 Å². The molecule has 2 saturated carbocycles. The third kappa shape index (κ3) is 5.13. The normalized spacial score (nSPS) is 21.6. The smallest absolute Gasteiger partial charge is 0.354 e. The number of hydrogen-bond acceptors (Lipinski definition) is 7. The molecule has 4 fully saturated rings. The van der Waals surface area contributed by atoms with Crippen molar-refractivity contribution in [1.82, 2.24) is 10.1 Å². The van der Waals surface area contributed by atoms with Gasteiger partial charge in [-0.2, -0.15) is 0 Å². The van der Waals surface area contributed by atoms with E-state index >= 15 is 0 Å². The van der Waals surface area contributed by atoms with Crippen molar-refractivity contribution >= 4 is 22.6 Å². The molecule has 0 radical (unpaired) electrons. The highest BCUT2D eigenvalue weighted by Gasteiger charge is 2.46. The molecule has 8 rings (SSSR count). The number of fused-ring (bicyclic) bond motifs is 1. The minimum atomic E-state index is -1.05. The van der Waals surface area contributed by atoms with E-state index in [-0.39, 0.29) is 11.8 Å². The average Bonchev–Trinajstić information content (AvgIpc) is 3.57. The van der Waals surface area contributed by atoms with Crippen molar-refractivity contribution in [3.63, 3.8) is 0 Å². The number of pyridine rings is 1. The predicted octanol–water partition coefficient (Wildman–Crippen LogP) is 7.18. The van der Waals surface area contributed by atoms with Gasteiger partial charge in [-0.3, -0.25) is 0 Å². The van der Waals surface area contributed by atoms with Crippen molar-refractivity contribution in [2.45, 2.75) is 70.3 Å². The highest BCUT2D eigenvalue weighted by Crippen LogP contribution is 2.55. The van der Waals surface area contributed by atoms with Gasteiger partial charge in [-0.1, -0.05) is 29.4 Å². The van der Waals surface area contributed by atoms with Crippen LogP contribution in [0, 0.1) is 18.3 Å². The molecule has 1 N–H and O–H groups in total. The summed E-state index contributed by atoms with van der Waals surface area (Å²) in [6.45, 7) is 5.37. The van der Waals surface area contributed by atoms with Crippen molar-refractivity contribution in [2.75, 3.05) is 31.2 Å². The first-order valence-corrected chi connectivity index (χ1v) is 16.2. The van der Waals surface area contributed by atoms with E-state index in [2.05, 4.69) is 58.4 Å². The van der Waals surface area contributed by atoms with E-state index in [1.54, 1.807) is 6.07 Å². The van der Waals surface area contributed by atoms with Gasteiger partial charge in [-0.05, 0) is 87.0 Å². The molecule has 2 aromatic carbocycles. The lowest BCUT2D eigenvalue weighted by atomic mass is 9.56. The van der Waals surface area contributed by atoms with E-state index in [4.69, 9.17) is 14.0 Å². The summed E-state index contributed by atoms with van der Waals surface area (Å²) in [7, 11) is 0. The minimum Gasteiger partial charge on any atom is -0.487 e. The third-order valence-electron chi connectivity index (χ3n) is 10.4. The second kappa shape index (κ2) is 10.9. The quantitative estimate of drug-likeness (QED) is 0.229. The second-order valence-electron chi connectivity index (χ2n) is 13.5. The molecule has 1 atom stereocenters. The Bertz CT molecular complexity index is 1700. The summed E-state index contributed by atoms with van der Waals surface area (Å²) in [5, 5.41) is 15.1. The van der Waals surface area contributed by atoms with Gasteiger partial charge < -0.3 is 24.0 Å². The van der Waals surface area contributed by atoms with Crippen molar-refractivity contribution in [3.05, 3.63) is 71.1 Å². The maximum atomic E-state index is 11.7. The van der Waals surface area contributed by atoms with Crippen molar-refractivity contribution < 1.29 is 23.9 Å². The number of aromatic carboxylic acids is 1. The summed E-state index contributed by atoms with van der Waals surface area (Å²) >= 11 is 0. The highest BCUT2D eigenvalue weighted by molar-refractivity contribution is 5.94. The van der Waals surface area contributed by atoms with Gasteiger partial charge in [0.05, 0.1) is 18.7 Å². The number of carbonyl (C=O) groups is 1. The molecule has 2 aromatic heterocycles. The Kier molecular flexibility index (Phi) is 6.85. The van der Waals surface area contributed by atoms with Gasteiger partial charge in [0.15, 0.2) is 5.69 Å². The predicted molar refractivity (Wildman–Crippen MR) is 168 cm³/mol. The molecule has 2 saturated heterocycles. The molecule has 8 nitrogen and oxygen atoms in total. The Morgan fingerprint density at radius 2 is 1.91 bits per heavy atom. The van der Waals surface area contributed by atoms with Crippen LogP contribution < -0.4 is 9.64 Å². The summed E-state index contributed by atoms with van der Waals surface area (Å²) in [6.07, 6.45) is 9.13. The first-order valence-electron chi connectivity index (χ1n) is 16.2. The number of carboxylic acids is 1. The van der Waals surface area contributed by atoms with Crippen LogP contribution in [0.15, 0.2) is 53.1 Å². The van der Waals surface area contributed by atoms with E-state index in [9.17, 15) is 9.90 Å². The Balaban J connectivity index is 0.958. The number of carboxylic acid groups (broad SMARTS) is 1. The van der Waals surface area contributed by atoms with Crippen LogP contribution in [-0.2, 0) is 11.2 Å². The molecule has 44 heavy (non-hydrogen) atoms. The topological polar surface area (TPSA) is 97.9 Å². The van der Waals surface area contributed by atoms with Gasteiger partial charge in [0, 0.05) is 53.7 Å². The number of rotatable bonds is 8. The fourth-order valence-electron chi connectivity index (χ4n) is 7.85. The molecule has 4 heterocycles. The largest absolute Gasteiger partial charge is 0.487 e. The molecule has 2 aliphatic heterocycles. The fourth-order valence-corrected chi connectivity index (χ4v) is 7.85. The monoisotopic (exact) mass is 593 g/mol. The Morgan fingerprint density at radius 1 is 1.09 bits per heavy atom. The third-order valence-corrected chi connectivity index (χ3v) is 10.4. The van der Waals surface area contributed by atoms with Crippen molar-refractivity contribution in [3.8, 4) is 17.0 Å². The number of ether oxygens (including phenoxy) is 2. The number of anilines is 1. The van der Waals surface area contributed by atoms with Crippen LogP contribution in [0.5, 0.6) is 5.75 Å². The standard InChI is InChI=1S/C36H39N3O5/c1-22-4-2-3-5-27(22)33-29(34(44-38-33)24-6-7-24)16-23-19-36(20-23)11-13-39(14-12-36)25-8-9-30-28(17-25)32(18-31(37-30)35(40)41)43-26-10-15-42-21-26/h2-5,8-9,17-18,23-24,26H,6-7,10-16,19-21H2,1H3,(H,40,41). The Morgan fingerprint density at radius 3 is 2.64 bits per heavy atom. The lowest BCUT2D eigenvalue weighted by molar-refractivity contribution is 0.0282. The SMILES string of the molecule is Cc1ccccc1-c1noc(C2CC2)c1CC1CC2(CCN(c3ccc4nc(C(=O)O)cc(OC5CCOC5)c4c3)CC2)C1. The van der Waals surface area contributed by atoms with Crippen LogP contribution in [0.3, 0.4) is 0 Å². The summed E-state index contributed by atoms with van der Waals surface area (Å²) < 4.78 is 17.7. The molecule has 8 heteroatoms. The van der Waals surface area contributed by atoms with Crippen molar-refractivity contribution in [2.24, 2.45) is 11.3 Å². The molecule has 4 aromatic rings. The van der Waals surface area contributed by atoms with Gasteiger partial charge in [-0.25, -0.2) is 9.78 Å². The number of nitrogens with zero attached hydrogens (tertiary/aromatic N) is 3. The summed E-state index contributed by atoms with van der Waals surface area (Å²) in [5.41, 5.74) is 7.08. The van der Waals surface area contributed by atoms with E-state index in [1.807, 2.05) is 6.07 Å². The van der Waals surface area contributed by atoms with Gasteiger partial charge in [-0.15, -0.1) is 0 Å². The Labute approximate surface area is 257 Å². The van der Waals surface area contributed by atoms with Gasteiger partial charge in [0.1, 0.15) is 23.3 Å². The number of aryl methyl sites for hydroxylation is 1. The summed E-state index contributed by atoms with van der Waals surface area (Å²) in [6, 6.07) is 16.2. The first kappa shape index (κ1) is 27.6. The summed E-state index contributed by atoms with van der Waals surface area (Å²) in [5.74, 6) is 1.89. The van der Waals surface area contributed by atoms with E-state index in [0.29, 0.717) is 41.7 Å². The number of benzene rings is 2. The molecule has 1 spiro atoms. The Hall–Kier alpha value is -3.91. The maximum Gasteiger partial charge on any atom is 0.354 e. The summed E-state index contributed by atoms with van der Waals surface area (Å²) in [4.78, 5) is 18.6. The molecule has 0 amide bonds. The van der Waals surface area contributed by atoms with Crippen LogP contribution in [0.1, 0.15) is 78.2 Å². The van der Waals surface area contributed by atoms with E-state index in [1.165, 1.54) is 55.2 Å². The van der Waals surface area contributed by atoms with Crippen LogP contribution in [0.25, 0.3) is 22.2 Å². The van der Waals surface area contributed by atoms with Crippen LogP contribution >= 0.6 is 0 Å². The molecule has 4 aliphatic rings. The first-order chi connectivity index (χ1) is 21.4. The zero-order valence-electron chi connectivity index (χ0n) is 25.3. The van der Waals surface area contributed by atoms with Crippen LogP contribution in [0.4, 0.5) is 5.69 Å². The zero-order valence-corrected chi connectivity index (χ0v) is 25.3. The fraction of sp³-hybridized carbons (Fsp3) is 0.472. The van der Waals surface area contributed by atoms with E-state index in [0.717, 1.165) is 48.5 Å². The van der Waals surface area contributed by atoms with Crippen LogP contribution in [0.2, 0.25) is 0 Å². The molecule has 228 valence electrons.